The third kappa shape index (κ3) is 4.82. The molecular weight excluding hydrogens is 418 g/mol. The van der Waals surface area contributed by atoms with E-state index < -0.39 is 17.8 Å². The van der Waals surface area contributed by atoms with Gasteiger partial charge in [-0.05, 0) is 44.2 Å². The maximum atomic E-state index is 14.7. The molecule has 3 N–H and O–H groups in total. The number of aromatic nitrogens is 5. The molecule has 4 rings (SSSR count). The van der Waals surface area contributed by atoms with Crippen molar-refractivity contribution in [2.75, 3.05) is 29.9 Å². The van der Waals surface area contributed by atoms with Gasteiger partial charge in [-0.25, -0.2) is 29.1 Å². The first-order chi connectivity index (χ1) is 15.5. The van der Waals surface area contributed by atoms with Crippen LogP contribution in [0.15, 0.2) is 30.9 Å². The lowest BCUT2D eigenvalue weighted by Gasteiger charge is -2.33. The van der Waals surface area contributed by atoms with E-state index in [1.54, 1.807) is 31.5 Å². The first-order valence-electron chi connectivity index (χ1n) is 10.5. The van der Waals surface area contributed by atoms with E-state index >= 15 is 0 Å². The highest BCUT2D eigenvalue weighted by Crippen LogP contribution is 2.29. The lowest BCUT2D eigenvalue weighted by molar-refractivity contribution is 0.252. The Morgan fingerprint density at radius 3 is 2.72 bits per heavy atom. The summed E-state index contributed by atoms with van der Waals surface area (Å²) in [6, 6.07) is 2.94. The van der Waals surface area contributed by atoms with Gasteiger partial charge in [0.1, 0.15) is 12.0 Å². The number of H-pyrrole nitrogens is 1. The second kappa shape index (κ2) is 9.67. The Balaban J connectivity index is 1.37. The van der Waals surface area contributed by atoms with Crippen LogP contribution < -0.4 is 15.5 Å². The second-order valence-electron chi connectivity index (χ2n) is 7.55. The van der Waals surface area contributed by atoms with E-state index in [1.165, 1.54) is 6.33 Å². The Morgan fingerprint density at radius 1 is 1.22 bits per heavy atom. The Bertz CT molecular complexity index is 1070. The van der Waals surface area contributed by atoms with E-state index in [1.807, 2.05) is 4.90 Å². The summed E-state index contributed by atoms with van der Waals surface area (Å²) in [6.07, 6.45) is 6.42. The minimum Gasteiger partial charge on any atom is -0.368 e. The van der Waals surface area contributed by atoms with E-state index in [0.29, 0.717) is 43.3 Å². The van der Waals surface area contributed by atoms with Crippen molar-refractivity contribution in [2.24, 2.45) is 5.92 Å². The zero-order valence-corrected chi connectivity index (χ0v) is 17.6. The molecule has 2 amide bonds. The number of aromatic amines is 1. The maximum absolute atomic E-state index is 14.7. The monoisotopic (exact) mass is 442 g/mol. The van der Waals surface area contributed by atoms with E-state index in [2.05, 4.69) is 35.6 Å². The first kappa shape index (κ1) is 21.6. The van der Waals surface area contributed by atoms with Crippen molar-refractivity contribution < 1.29 is 13.6 Å². The molecule has 0 radical (unpaired) electrons. The average molecular weight is 442 g/mol. The normalized spacial score (nSPS) is 14.4. The Labute approximate surface area is 183 Å². The van der Waals surface area contributed by atoms with Crippen LogP contribution in [0.2, 0.25) is 0 Å². The van der Waals surface area contributed by atoms with Crippen molar-refractivity contribution in [2.45, 2.75) is 26.2 Å². The average Bonchev–Trinajstić information content (AvgIpc) is 3.32. The number of carbonyl (C=O) groups excluding carboxylic acids is 1. The van der Waals surface area contributed by atoms with Gasteiger partial charge < -0.3 is 15.2 Å². The minimum atomic E-state index is -0.620. The highest BCUT2D eigenvalue weighted by molar-refractivity contribution is 5.88. The quantitative estimate of drug-likeness (QED) is 0.506. The van der Waals surface area contributed by atoms with E-state index in [0.717, 1.165) is 12.8 Å². The van der Waals surface area contributed by atoms with Gasteiger partial charge in [-0.15, -0.1) is 0 Å². The van der Waals surface area contributed by atoms with Gasteiger partial charge in [0.15, 0.2) is 17.5 Å². The number of nitrogens with zero attached hydrogens (tertiary/aromatic N) is 5. The number of urea groups is 1. The molecule has 11 heteroatoms. The standard InChI is InChI=1S/C21H24F2N8O/c1-2-24-21(32)30-20-17(22)15(27-12-28-20)11-13-5-9-31(10-6-13)16-4-3-14(29-18(16)23)19-25-7-8-26-19/h3-4,7-8,12-13H,2,5-6,9-11H2,1H3,(H,25,26)(H2,24,27,28,30,32). The molecule has 0 aromatic carbocycles. The Hall–Kier alpha value is -3.63. The molecule has 1 fully saturated rings. The molecule has 0 atom stereocenters. The number of halogens is 2. The zero-order chi connectivity index (χ0) is 22.5. The predicted molar refractivity (Wildman–Crippen MR) is 115 cm³/mol. The van der Waals surface area contributed by atoms with Gasteiger partial charge in [0.2, 0.25) is 5.95 Å². The van der Waals surface area contributed by atoms with E-state index in [-0.39, 0.29) is 17.4 Å². The largest absolute Gasteiger partial charge is 0.368 e. The van der Waals surface area contributed by atoms with Gasteiger partial charge in [0.25, 0.3) is 0 Å². The van der Waals surface area contributed by atoms with Gasteiger partial charge in [-0.2, -0.15) is 4.39 Å². The predicted octanol–water partition coefficient (Wildman–Crippen LogP) is 3.14. The van der Waals surface area contributed by atoms with Crippen molar-refractivity contribution in [1.82, 2.24) is 30.2 Å². The topological polar surface area (TPSA) is 112 Å². The summed E-state index contributed by atoms with van der Waals surface area (Å²) in [7, 11) is 0. The van der Waals surface area contributed by atoms with Crippen LogP contribution in [-0.4, -0.2) is 50.6 Å². The molecule has 0 bridgehead atoms. The Morgan fingerprint density at radius 2 is 2.03 bits per heavy atom. The molecule has 9 nitrogen and oxygen atoms in total. The Kier molecular flexibility index (Phi) is 6.52. The minimum absolute atomic E-state index is 0.136. The van der Waals surface area contributed by atoms with Crippen LogP contribution in [0.4, 0.5) is 25.1 Å². The van der Waals surface area contributed by atoms with Crippen LogP contribution in [0.1, 0.15) is 25.5 Å². The number of hydrogen-bond acceptors (Lipinski definition) is 6. The van der Waals surface area contributed by atoms with Gasteiger partial charge >= 0.3 is 6.03 Å². The number of nitrogens with one attached hydrogen (secondary N) is 3. The SMILES string of the molecule is CCNC(=O)Nc1ncnc(CC2CCN(c3ccc(-c4ncc[nH]4)nc3F)CC2)c1F. The summed E-state index contributed by atoms with van der Waals surface area (Å²) >= 11 is 0. The lowest BCUT2D eigenvalue weighted by Crippen LogP contribution is -2.35. The lowest BCUT2D eigenvalue weighted by atomic mass is 9.91. The highest BCUT2D eigenvalue weighted by Gasteiger charge is 2.24. The third-order valence-electron chi connectivity index (χ3n) is 5.44. The summed E-state index contributed by atoms with van der Waals surface area (Å²) in [5, 5.41) is 4.93. The number of carbonyl (C=O) groups is 1. The molecule has 0 saturated carbocycles. The molecule has 32 heavy (non-hydrogen) atoms. The fourth-order valence-corrected chi connectivity index (χ4v) is 3.80. The molecule has 168 valence electrons. The van der Waals surface area contributed by atoms with Crippen molar-refractivity contribution in [3.8, 4) is 11.5 Å². The number of rotatable bonds is 6. The molecule has 3 aromatic rings. The summed E-state index contributed by atoms with van der Waals surface area (Å²) in [4.78, 5) is 32.5. The maximum Gasteiger partial charge on any atom is 0.320 e. The van der Waals surface area contributed by atoms with Crippen molar-refractivity contribution >= 4 is 17.5 Å². The fraction of sp³-hybridized carbons (Fsp3) is 0.381. The van der Waals surface area contributed by atoms with Gasteiger partial charge in [-0.3, -0.25) is 5.32 Å². The summed E-state index contributed by atoms with van der Waals surface area (Å²) in [5.74, 6) is -0.596. The number of piperidine rings is 1. The van der Waals surface area contributed by atoms with Crippen LogP contribution >= 0.6 is 0 Å². The summed E-state index contributed by atoms with van der Waals surface area (Å²) in [5.41, 5.74) is 1.16. The van der Waals surface area contributed by atoms with Crippen molar-refractivity contribution in [3.63, 3.8) is 0 Å². The molecule has 1 aliphatic heterocycles. The van der Waals surface area contributed by atoms with Crippen LogP contribution in [0.3, 0.4) is 0 Å². The van der Waals surface area contributed by atoms with E-state index in [9.17, 15) is 13.6 Å². The number of imidazole rings is 1. The molecule has 3 aromatic heterocycles. The van der Waals surface area contributed by atoms with E-state index in [4.69, 9.17) is 0 Å². The van der Waals surface area contributed by atoms with Gasteiger partial charge in [0, 0.05) is 32.0 Å². The first-order valence-corrected chi connectivity index (χ1v) is 10.5. The van der Waals surface area contributed by atoms with Crippen molar-refractivity contribution in [3.05, 3.63) is 48.3 Å². The highest BCUT2D eigenvalue weighted by atomic mass is 19.1. The molecule has 0 unspecified atom stereocenters. The molecule has 0 aliphatic carbocycles. The van der Waals surface area contributed by atoms with Crippen LogP contribution in [-0.2, 0) is 6.42 Å². The van der Waals surface area contributed by atoms with Gasteiger partial charge in [0.05, 0.1) is 11.4 Å². The van der Waals surface area contributed by atoms with Crippen LogP contribution in [0.5, 0.6) is 0 Å². The van der Waals surface area contributed by atoms with Crippen LogP contribution in [0, 0.1) is 17.7 Å². The number of hydrogen-bond donors (Lipinski definition) is 3. The van der Waals surface area contributed by atoms with Crippen molar-refractivity contribution in [1.29, 1.82) is 0 Å². The third-order valence-corrected chi connectivity index (χ3v) is 5.44. The molecule has 0 spiro atoms. The molecule has 4 heterocycles. The number of anilines is 2. The smallest absolute Gasteiger partial charge is 0.320 e. The molecular formula is C21H24F2N8O. The zero-order valence-electron chi connectivity index (χ0n) is 17.6. The molecule has 1 saturated heterocycles. The summed E-state index contributed by atoms with van der Waals surface area (Å²) < 4.78 is 29.4. The summed E-state index contributed by atoms with van der Waals surface area (Å²) in [6.45, 7) is 3.44. The number of pyridine rings is 1. The van der Waals surface area contributed by atoms with Gasteiger partial charge in [-0.1, -0.05) is 0 Å². The molecule has 1 aliphatic rings. The number of amides is 2. The van der Waals surface area contributed by atoms with Crippen LogP contribution in [0.25, 0.3) is 11.5 Å². The second-order valence-corrected chi connectivity index (χ2v) is 7.55. The fourth-order valence-electron chi connectivity index (χ4n) is 3.80.